The van der Waals surface area contributed by atoms with Crippen LogP contribution in [0.4, 0.5) is 0 Å². The molecular weight excluding hydrogens is 396 g/mol. The summed E-state index contributed by atoms with van der Waals surface area (Å²) < 4.78 is 5.94. The molecule has 0 atom stereocenters. The predicted octanol–water partition coefficient (Wildman–Crippen LogP) is 5.66. The van der Waals surface area contributed by atoms with Gasteiger partial charge in [-0.2, -0.15) is 0 Å². The van der Waals surface area contributed by atoms with Gasteiger partial charge in [-0.3, -0.25) is 4.79 Å². The summed E-state index contributed by atoms with van der Waals surface area (Å²) >= 11 is 1.55. The molecule has 154 valence electrons. The van der Waals surface area contributed by atoms with Crippen molar-refractivity contribution in [3.8, 4) is 5.75 Å². The number of aliphatic carboxylic acids is 1. The molecule has 0 aliphatic carbocycles. The van der Waals surface area contributed by atoms with Gasteiger partial charge in [0.15, 0.2) is 5.16 Å². The number of benzene rings is 3. The van der Waals surface area contributed by atoms with Gasteiger partial charge in [0.25, 0.3) is 0 Å². The largest absolute Gasteiger partial charge is 0.494 e. The van der Waals surface area contributed by atoms with Crippen molar-refractivity contribution in [2.24, 2.45) is 0 Å². The van der Waals surface area contributed by atoms with Gasteiger partial charge in [-0.1, -0.05) is 54.2 Å². The highest BCUT2D eigenvalue weighted by molar-refractivity contribution is 7.99. The number of fused-ring (bicyclic) bond motifs is 2. The number of nitrogens with one attached hydrogen (secondary N) is 1. The zero-order chi connectivity index (χ0) is 20.9. The lowest BCUT2D eigenvalue weighted by Gasteiger charge is -2.12. The van der Waals surface area contributed by atoms with E-state index in [0.29, 0.717) is 18.8 Å². The SMILES string of the molecule is CCOc1ccc2[nH]c(SCCCC(=O)O)nc2c1Cc1cccc2ccccc12. The fraction of sp³-hybridized carbons (Fsp3) is 0.250. The van der Waals surface area contributed by atoms with Crippen molar-refractivity contribution in [2.45, 2.75) is 31.3 Å². The minimum atomic E-state index is -0.765. The number of aromatic amines is 1. The molecule has 0 spiro atoms. The van der Waals surface area contributed by atoms with E-state index in [9.17, 15) is 4.79 Å². The van der Waals surface area contributed by atoms with Crippen molar-refractivity contribution >= 4 is 39.5 Å². The number of carboxylic acids is 1. The number of thioether (sulfide) groups is 1. The molecule has 0 unspecified atom stereocenters. The Kier molecular flexibility index (Phi) is 6.23. The van der Waals surface area contributed by atoms with Crippen LogP contribution in [0.15, 0.2) is 59.8 Å². The van der Waals surface area contributed by atoms with Gasteiger partial charge >= 0.3 is 5.97 Å². The Morgan fingerprint density at radius 3 is 2.80 bits per heavy atom. The van der Waals surface area contributed by atoms with Gasteiger partial charge in [-0.25, -0.2) is 4.98 Å². The van der Waals surface area contributed by atoms with Gasteiger partial charge in [0.1, 0.15) is 5.75 Å². The fourth-order valence-corrected chi connectivity index (χ4v) is 4.47. The van der Waals surface area contributed by atoms with Crippen LogP contribution in [0.25, 0.3) is 21.8 Å². The maximum Gasteiger partial charge on any atom is 0.303 e. The summed E-state index contributed by atoms with van der Waals surface area (Å²) in [4.78, 5) is 18.9. The first-order chi connectivity index (χ1) is 14.7. The Morgan fingerprint density at radius 1 is 1.13 bits per heavy atom. The summed E-state index contributed by atoms with van der Waals surface area (Å²) in [6, 6.07) is 18.8. The molecule has 1 heterocycles. The lowest BCUT2D eigenvalue weighted by molar-refractivity contribution is -0.137. The first-order valence-electron chi connectivity index (χ1n) is 10.1. The zero-order valence-corrected chi connectivity index (χ0v) is 17.7. The van der Waals surface area contributed by atoms with Crippen LogP contribution in [-0.4, -0.2) is 33.4 Å². The van der Waals surface area contributed by atoms with Crippen LogP contribution in [-0.2, 0) is 11.2 Å². The molecule has 0 aliphatic heterocycles. The summed E-state index contributed by atoms with van der Waals surface area (Å²) in [5, 5.41) is 12.1. The first-order valence-corrected chi connectivity index (χ1v) is 11.1. The van der Waals surface area contributed by atoms with Crippen LogP contribution in [0, 0.1) is 0 Å². The Bertz CT molecular complexity index is 1180. The van der Waals surface area contributed by atoms with Gasteiger partial charge in [0, 0.05) is 24.2 Å². The number of hydrogen-bond acceptors (Lipinski definition) is 4. The Labute approximate surface area is 179 Å². The first kappa shape index (κ1) is 20.3. The third-order valence-electron chi connectivity index (χ3n) is 5.02. The molecule has 5 nitrogen and oxygen atoms in total. The second-order valence-electron chi connectivity index (χ2n) is 7.07. The molecule has 0 amide bonds. The molecule has 0 saturated carbocycles. The van der Waals surface area contributed by atoms with Crippen molar-refractivity contribution in [3.63, 3.8) is 0 Å². The maximum absolute atomic E-state index is 10.7. The van der Waals surface area contributed by atoms with E-state index in [1.165, 1.54) is 16.3 Å². The van der Waals surface area contributed by atoms with Crippen LogP contribution < -0.4 is 4.74 Å². The molecule has 0 aliphatic rings. The molecule has 3 aromatic carbocycles. The molecule has 4 aromatic rings. The number of nitrogens with zero attached hydrogens (tertiary/aromatic N) is 1. The summed E-state index contributed by atoms with van der Waals surface area (Å²) in [7, 11) is 0. The van der Waals surface area contributed by atoms with Crippen molar-refractivity contribution in [2.75, 3.05) is 12.4 Å². The molecule has 30 heavy (non-hydrogen) atoms. The Morgan fingerprint density at radius 2 is 1.97 bits per heavy atom. The topological polar surface area (TPSA) is 75.2 Å². The van der Waals surface area contributed by atoms with Gasteiger partial charge < -0.3 is 14.8 Å². The minimum absolute atomic E-state index is 0.175. The average Bonchev–Trinajstić information content (AvgIpc) is 3.16. The highest BCUT2D eigenvalue weighted by Crippen LogP contribution is 2.33. The molecule has 0 radical (unpaired) electrons. The molecule has 2 N–H and O–H groups in total. The lowest BCUT2D eigenvalue weighted by Crippen LogP contribution is -1.99. The minimum Gasteiger partial charge on any atom is -0.494 e. The second-order valence-corrected chi connectivity index (χ2v) is 8.16. The summed E-state index contributed by atoms with van der Waals surface area (Å²) in [5.74, 6) is 0.800. The third-order valence-corrected chi connectivity index (χ3v) is 5.98. The number of aromatic nitrogens is 2. The smallest absolute Gasteiger partial charge is 0.303 e. The number of imidazole rings is 1. The number of hydrogen-bond donors (Lipinski definition) is 2. The molecular formula is C24H24N2O3S. The molecule has 0 fully saturated rings. The predicted molar refractivity (Wildman–Crippen MR) is 122 cm³/mol. The molecule has 0 bridgehead atoms. The summed E-state index contributed by atoms with van der Waals surface area (Å²) in [6.07, 6.45) is 1.51. The van der Waals surface area contributed by atoms with Crippen molar-refractivity contribution in [1.82, 2.24) is 9.97 Å². The van der Waals surface area contributed by atoms with Crippen LogP contribution in [0.3, 0.4) is 0 Å². The maximum atomic E-state index is 10.7. The van der Waals surface area contributed by atoms with Crippen LogP contribution in [0.2, 0.25) is 0 Å². The molecule has 6 heteroatoms. The normalized spacial score (nSPS) is 11.2. The highest BCUT2D eigenvalue weighted by Gasteiger charge is 2.15. The number of carbonyl (C=O) groups is 1. The summed E-state index contributed by atoms with van der Waals surface area (Å²) in [6.45, 7) is 2.58. The standard InChI is InChI=1S/C24H24N2O3S/c1-2-29-21-13-12-20-23(26-24(25-20)30-14-6-11-22(27)28)19(21)15-17-9-5-8-16-7-3-4-10-18(16)17/h3-5,7-10,12-13H,2,6,11,14-15H2,1H3,(H,25,26)(H,27,28). The number of rotatable bonds is 9. The number of carboxylic acid groups (broad SMARTS) is 1. The van der Waals surface area contributed by atoms with Crippen LogP contribution in [0.5, 0.6) is 5.75 Å². The summed E-state index contributed by atoms with van der Waals surface area (Å²) in [5.41, 5.74) is 4.18. The van der Waals surface area contributed by atoms with Crippen LogP contribution in [0.1, 0.15) is 30.9 Å². The van der Waals surface area contributed by atoms with E-state index in [-0.39, 0.29) is 6.42 Å². The molecule has 4 rings (SSSR count). The quantitative estimate of drug-likeness (QED) is 0.270. The van der Waals surface area contributed by atoms with Crippen molar-refractivity contribution < 1.29 is 14.6 Å². The van der Waals surface area contributed by atoms with Crippen LogP contribution >= 0.6 is 11.8 Å². The zero-order valence-electron chi connectivity index (χ0n) is 16.9. The third kappa shape index (κ3) is 4.44. The van der Waals surface area contributed by atoms with Crippen molar-refractivity contribution in [3.05, 3.63) is 65.7 Å². The second kappa shape index (κ2) is 9.22. The molecule has 0 saturated heterocycles. The van der Waals surface area contributed by atoms with E-state index in [1.807, 2.05) is 19.1 Å². The Hall–Kier alpha value is -2.99. The number of ether oxygens (including phenoxy) is 1. The monoisotopic (exact) mass is 420 g/mol. The lowest BCUT2D eigenvalue weighted by atomic mass is 9.97. The average molecular weight is 421 g/mol. The van der Waals surface area contributed by atoms with E-state index in [0.717, 1.165) is 33.9 Å². The van der Waals surface area contributed by atoms with E-state index >= 15 is 0 Å². The Balaban J connectivity index is 1.69. The van der Waals surface area contributed by atoms with Gasteiger partial charge in [-0.05, 0) is 41.8 Å². The van der Waals surface area contributed by atoms with E-state index in [4.69, 9.17) is 14.8 Å². The van der Waals surface area contributed by atoms with Crippen molar-refractivity contribution in [1.29, 1.82) is 0 Å². The highest BCUT2D eigenvalue weighted by atomic mass is 32.2. The van der Waals surface area contributed by atoms with Gasteiger partial charge in [0.2, 0.25) is 0 Å². The van der Waals surface area contributed by atoms with Gasteiger partial charge in [-0.15, -0.1) is 0 Å². The van der Waals surface area contributed by atoms with E-state index in [1.54, 1.807) is 11.8 Å². The van der Waals surface area contributed by atoms with E-state index < -0.39 is 5.97 Å². The fourth-order valence-electron chi connectivity index (χ4n) is 3.65. The van der Waals surface area contributed by atoms with Gasteiger partial charge in [0.05, 0.1) is 17.6 Å². The van der Waals surface area contributed by atoms with E-state index in [2.05, 4.69) is 47.4 Å². The number of H-pyrrole nitrogens is 1. The molecule has 1 aromatic heterocycles.